The van der Waals surface area contributed by atoms with Crippen molar-refractivity contribution >= 4 is 0 Å². The molecule has 1 aliphatic heterocycles. The largest absolute Gasteiger partial charge is 0.334 e. The van der Waals surface area contributed by atoms with Crippen LogP contribution >= 0.6 is 0 Å². The van der Waals surface area contributed by atoms with Gasteiger partial charge in [0.25, 0.3) is 0 Å². The van der Waals surface area contributed by atoms with Crippen molar-refractivity contribution in [2.24, 2.45) is 5.92 Å². The van der Waals surface area contributed by atoms with Gasteiger partial charge < -0.3 is 9.88 Å². The van der Waals surface area contributed by atoms with Crippen LogP contribution in [0.2, 0.25) is 0 Å². The Kier molecular flexibility index (Phi) is 2.64. The van der Waals surface area contributed by atoms with Crippen LogP contribution in [0.1, 0.15) is 18.5 Å². The highest BCUT2D eigenvalue weighted by Gasteiger charge is 2.17. The van der Waals surface area contributed by atoms with Crippen LogP contribution in [0.4, 0.5) is 0 Å². The van der Waals surface area contributed by atoms with Crippen molar-refractivity contribution in [3.63, 3.8) is 0 Å². The molecule has 1 aliphatic rings. The Bertz CT molecular complexity index is 267. The lowest BCUT2D eigenvalue weighted by Gasteiger charge is -2.23. The molecule has 0 amide bonds. The van der Waals surface area contributed by atoms with Gasteiger partial charge in [0.15, 0.2) is 0 Å². The van der Waals surface area contributed by atoms with Crippen LogP contribution in [0.25, 0.3) is 0 Å². The highest BCUT2D eigenvalue weighted by atomic mass is 15.1. The molecule has 3 nitrogen and oxygen atoms in total. The second-order valence-electron chi connectivity index (χ2n) is 3.83. The van der Waals surface area contributed by atoms with Gasteiger partial charge in [-0.3, -0.25) is 0 Å². The molecular weight excluding hydrogens is 162 g/mol. The summed E-state index contributed by atoms with van der Waals surface area (Å²) in [7, 11) is 2.02. The Morgan fingerprint density at radius 2 is 2.62 bits per heavy atom. The molecule has 1 atom stereocenters. The molecule has 0 bridgehead atoms. The summed E-state index contributed by atoms with van der Waals surface area (Å²) in [6, 6.07) is 0. The number of imidazole rings is 1. The van der Waals surface area contributed by atoms with E-state index in [0.717, 1.165) is 19.0 Å². The van der Waals surface area contributed by atoms with E-state index in [1.165, 1.54) is 25.0 Å². The number of aryl methyl sites for hydroxylation is 1. The van der Waals surface area contributed by atoms with E-state index in [4.69, 9.17) is 0 Å². The third-order valence-corrected chi connectivity index (χ3v) is 2.86. The van der Waals surface area contributed by atoms with Crippen molar-refractivity contribution in [1.29, 1.82) is 0 Å². The van der Waals surface area contributed by atoms with E-state index >= 15 is 0 Å². The summed E-state index contributed by atoms with van der Waals surface area (Å²) in [6.07, 6.45) is 7.77. The smallest absolute Gasteiger partial charge is 0.0948 e. The molecule has 0 aromatic carbocycles. The van der Waals surface area contributed by atoms with Crippen LogP contribution in [-0.4, -0.2) is 23.1 Å². The first-order valence-corrected chi connectivity index (χ1v) is 5.03. The van der Waals surface area contributed by atoms with Crippen molar-refractivity contribution in [1.82, 2.24) is 14.9 Å². The third-order valence-electron chi connectivity index (χ3n) is 2.86. The first-order chi connectivity index (χ1) is 6.40. The number of hydrogen-bond acceptors (Lipinski definition) is 2. The van der Waals surface area contributed by atoms with Gasteiger partial charge in [-0.15, -0.1) is 0 Å². The van der Waals surface area contributed by atoms with Crippen molar-refractivity contribution < 1.29 is 0 Å². The minimum Gasteiger partial charge on any atom is -0.334 e. The maximum Gasteiger partial charge on any atom is 0.0948 e. The number of nitrogens with one attached hydrogen (secondary N) is 1. The summed E-state index contributed by atoms with van der Waals surface area (Å²) in [5, 5.41) is 3.21. The van der Waals surface area contributed by atoms with Crippen LogP contribution in [0, 0.1) is 5.92 Å². The third kappa shape index (κ3) is 1.91. The van der Waals surface area contributed by atoms with Gasteiger partial charge in [0, 0.05) is 18.4 Å². The molecule has 1 unspecified atom stereocenters. The van der Waals surface area contributed by atoms with E-state index in [1.807, 2.05) is 19.6 Å². The molecule has 0 radical (unpaired) electrons. The fraction of sp³-hybridized carbons (Fsp3) is 0.700. The molecule has 1 aromatic rings. The molecule has 2 heterocycles. The number of fused-ring (bicyclic) bond motifs is 1. The first-order valence-electron chi connectivity index (χ1n) is 5.03. The molecule has 0 fully saturated rings. The topological polar surface area (TPSA) is 29.9 Å². The number of rotatable bonds is 3. The van der Waals surface area contributed by atoms with E-state index in [2.05, 4.69) is 14.9 Å². The Hall–Kier alpha value is -0.830. The van der Waals surface area contributed by atoms with Crippen LogP contribution in [0.5, 0.6) is 0 Å². The Morgan fingerprint density at radius 1 is 1.69 bits per heavy atom. The lowest BCUT2D eigenvalue weighted by molar-refractivity contribution is 0.346. The van der Waals surface area contributed by atoms with Crippen molar-refractivity contribution in [2.75, 3.05) is 13.6 Å². The fourth-order valence-corrected chi connectivity index (χ4v) is 2.03. The molecule has 2 rings (SSSR count). The Balaban J connectivity index is 1.93. The van der Waals surface area contributed by atoms with Crippen LogP contribution in [0.15, 0.2) is 12.5 Å². The van der Waals surface area contributed by atoms with Crippen LogP contribution in [0.3, 0.4) is 0 Å². The summed E-state index contributed by atoms with van der Waals surface area (Å²) in [5.41, 5.74) is 1.40. The predicted molar refractivity (Wildman–Crippen MR) is 52.6 cm³/mol. The molecule has 0 saturated heterocycles. The molecule has 3 heteroatoms. The van der Waals surface area contributed by atoms with Crippen LogP contribution < -0.4 is 5.32 Å². The molecule has 0 spiro atoms. The summed E-state index contributed by atoms with van der Waals surface area (Å²) in [6.45, 7) is 2.30. The van der Waals surface area contributed by atoms with Gasteiger partial charge in [-0.25, -0.2) is 4.98 Å². The standard InChI is InChI=1S/C10H17N3/c1-11-5-4-9-2-3-10-6-12-8-13(10)7-9/h6,8-9,11H,2-5,7H2,1H3. The van der Waals surface area contributed by atoms with Gasteiger partial charge in [0.1, 0.15) is 0 Å². The van der Waals surface area contributed by atoms with E-state index in [0.29, 0.717) is 0 Å². The molecule has 1 aromatic heterocycles. The summed E-state index contributed by atoms with van der Waals surface area (Å²) in [5.74, 6) is 0.842. The van der Waals surface area contributed by atoms with Gasteiger partial charge >= 0.3 is 0 Å². The molecule has 0 aliphatic carbocycles. The molecular formula is C10H17N3. The quantitative estimate of drug-likeness (QED) is 0.751. The van der Waals surface area contributed by atoms with Crippen molar-refractivity contribution in [3.8, 4) is 0 Å². The number of nitrogens with zero attached hydrogens (tertiary/aromatic N) is 2. The van der Waals surface area contributed by atoms with E-state index in [1.54, 1.807) is 0 Å². The van der Waals surface area contributed by atoms with Crippen molar-refractivity contribution in [2.45, 2.75) is 25.8 Å². The summed E-state index contributed by atoms with van der Waals surface area (Å²) < 4.78 is 2.30. The normalized spacial score (nSPS) is 21.5. The zero-order valence-electron chi connectivity index (χ0n) is 8.16. The van der Waals surface area contributed by atoms with Gasteiger partial charge in [0.05, 0.1) is 6.33 Å². The number of hydrogen-bond donors (Lipinski definition) is 1. The zero-order valence-corrected chi connectivity index (χ0v) is 8.16. The van der Waals surface area contributed by atoms with E-state index < -0.39 is 0 Å². The maximum absolute atomic E-state index is 4.17. The average molecular weight is 179 g/mol. The fourth-order valence-electron chi connectivity index (χ4n) is 2.03. The second-order valence-corrected chi connectivity index (χ2v) is 3.83. The van der Waals surface area contributed by atoms with E-state index in [9.17, 15) is 0 Å². The lowest BCUT2D eigenvalue weighted by Crippen LogP contribution is -2.22. The molecule has 1 N–H and O–H groups in total. The Morgan fingerprint density at radius 3 is 3.46 bits per heavy atom. The highest BCUT2D eigenvalue weighted by Crippen LogP contribution is 2.21. The maximum atomic E-state index is 4.17. The highest BCUT2D eigenvalue weighted by molar-refractivity contribution is 5.01. The van der Waals surface area contributed by atoms with Gasteiger partial charge in [-0.2, -0.15) is 0 Å². The average Bonchev–Trinajstić information content (AvgIpc) is 2.61. The summed E-state index contributed by atoms with van der Waals surface area (Å²) >= 11 is 0. The van der Waals surface area contributed by atoms with Gasteiger partial charge in [0.2, 0.25) is 0 Å². The lowest BCUT2D eigenvalue weighted by atomic mass is 9.95. The minimum absolute atomic E-state index is 0.842. The predicted octanol–water partition coefficient (Wildman–Crippen LogP) is 1.05. The second kappa shape index (κ2) is 3.92. The van der Waals surface area contributed by atoms with Crippen molar-refractivity contribution in [3.05, 3.63) is 18.2 Å². The zero-order chi connectivity index (χ0) is 9.10. The SMILES string of the molecule is CNCCC1CCc2cncn2C1. The Labute approximate surface area is 79.2 Å². The monoisotopic (exact) mass is 179 g/mol. The van der Waals surface area contributed by atoms with Crippen LogP contribution in [-0.2, 0) is 13.0 Å². The molecule has 13 heavy (non-hydrogen) atoms. The minimum atomic E-state index is 0.842. The van der Waals surface area contributed by atoms with E-state index in [-0.39, 0.29) is 0 Å². The molecule has 72 valence electrons. The number of aromatic nitrogens is 2. The molecule has 0 saturated carbocycles. The van der Waals surface area contributed by atoms with Gasteiger partial charge in [-0.05, 0) is 38.8 Å². The summed E-state index contributed by atoms with van der Waals surface area (Å²) in [4.78, 5) is 4.17. The van der Waals surface area contributed by atoms with Gasteiger partial charge in [-0.1, -0.05) is 0 Å². The first kappa shape index (κ1) is 8.75.